The minimum atomic E-state index is 0.860. The standard InChI is InChI=1S/C13H17N3S/c1-3-16-9-15-7-11(16)8-17-13-6-4-5-12(14)10(13)2/h4-7,9H,3,8,14H2,1-2H3. The molecule has 2 rings (SSSR count). The number of benzene rings is 1. The molecule has 0 amide bonds. The molecule has 0 saturated carbocycles. The molecule has 17 heavy (non-hydrogen) atoms. The summed E-state index contributed by atoms with van der Waals surface area (Å²) in [6.45, 7) is 5.15. The number of rotatable bonds is 4. The fourth-order valence-electron chi connectivity index (χ4n) is 1.69. The van der Waals surface area contributed by atoms with E-state index < -0.39 is 0 Å². The van der Waals surface area contributed by atoms with E-state index in [0.29, 0.717) is 0 Å². The molecule has 90 valence electrons. The van der Waals surface area contributed by atoms with Crippen molar-refractivity contribution in [3.8, 4) is 0 Å². The molecule has 1 heterocycles. The van der Waals surface area contributed by atoms with Gasteiger partial charge in [-0.1, -0.05) is 6.07 Å². The van der Waals surface area contributed by atoms with Crippen molar-refractivity contribution in [2.75, 3.05) is 5.73 Å². The van der Waals surface area contributed by atoms with Crippen LogP contribution in [0.1, 0.15) is 18.2 Å². The number of nitrogens with zero attached hydrogens (tertiary/aromatic N) is 2. The zero-order valence-electron chi connectivity index (χ0n) is 10.2. The monoisotopic (exact) mass is 247 g/mol. The highest BCUT2D eigenvalue weighted by Crippen LogP contribution is 2.28. The van der Waals surface area contributed by atoms with Crippen LogP contribution in [0.5, 0.6) is 0 Å². The Labute approximate surface area is 106 Å². The number of hydrogen-bond donors (Lipinski definition) is 1. The van der Waals surface area contributed by atoms with E-state index in [4.69, 9.17) is 5.73 Å². The van der Waals surface area contributed by atoms with Gasteiger partial charge in [-0.15, -0.1) is 11.8 Å². The predicted molar refractivity (Wildman–Crippen MR) is 73.1 cm³/mol. The number of aromatic nitrogens is 2. The molecule has 1 aromatic heterocycles. The maximum absolute atomic E-state index is 5.89. The van der Waals surface area contributed by atoms with Crippen LogP contribution in [0.2, 0.25) is 0 Å². The third kappa shape index (κ3) is 2.64. The summed E-state index contributed by atoms with van der Waals surface area (Å²) in [5.41, 5.74) is 9.17. The molecule has 0 fully saturated rings. The molecule has 1 aromatic carbocycles. The van der Waals surface area contributed by atoms with Gasteiger partial charge in [-0.2, -0.15) is 0 Å². The maximum Gasteiger partial charge on any atom is 0.0948 e. The van der Waals surface area contributed by atoms with Gasteiger partial charge in [-0.05, 0) is 31.5 Å². The van der Waals surface area contributed by atoms with Gasteiger partial charge in [-0.3, -0.25) is 0 Å². The van der Waals surface area contributed by atoms with Crippen LogP contribution in [0, 0.1) is 6.92 Å². The van der Waals surface area contributed by atoms with E-state index in [1.54, 1.807) is 0 Å². The average molecular weight is 247 g/mol. The number of aryl methyl sites for hydroxylation is 1. The Morgan fingerprint density at radius 2 is 2.24 bits per heavy atom. The molecule has 0 aliphatic heterocycles. The van der Waals surface area contributed by atoms with Gasteiger partial charge < -0.3 is 10.3 Å². The van der Waals surface area contributed by atoms with Gasteiger partial charge in [0.15, 0.2) is 0 Å². The Hall–Kier alpha value is -1.42. The first-order valence-electron chi connectivity index (χ1n) is 5.69. The summed E-state index contributed by atoms with van der Waals surface area (Å²) in [6, 6.07) is 6.06. The molecule has 0 unspecified atom stereocenters. The third-order valence-corrected chi connectivity index (χ3v) is 4.03. The van der Waals surface area contributed by atoms with E-state index in [0.717, 1.165) is 18.0 Å². The van der Waals surface area contributed by atoms with Gasteiger partial charge in [0.2, 0.25) is 0 Å². The molecule has 2 aromatic rings. The van der Waals surface area contributed by atoms with Gasteiger partial charge >= 0.3 is 0 Å². The van der Waals surface area contributed by atoms with E-state index in [9.17, 15) is 0 Å². The highest BCUT2D eigenvalue weighted by molar-refractivity contribution is 7.98. The summed E-state index contributed by atoms with van der Waals surface area (Å²) in [5, 5.41) is 0. The lowest BCUT2D eigenvalue weighted by atomic mass is 10.2. The van der Waals surface area contributed by atoms with Gasteiger partial charge in [-0.25, -0.2) is 4.98 Å². The number of anilines is 1. The number of thioether (sulfide) groups is 1. The first kappa shape index (κ1) is 12.0. The van der Waals surface area contributed by atoms with Crippen LogP contribution >= 0.6 is 11.8 Å². The highest BCUT2D eigenvalue weighted by atomic mass is 32.2. The molecule has 0 atom stereocenters. The van der Waals surface area contributed by atoms with Crippen LogP contribution in [0.4, 0.5) is 5.69 Å². The second kappa shape index (κ2) is 5.27. The molecule has 0 saturated heterocycles. The first-order valence-corrected chi connectivity index (χ1v) is 6.67. The number of nitrogens with two attached hydrogens (primary N) is 1. The van der Waals surface area contributed by atoms with Gasteiger partial charge in [0, 0.05) is 34.8 Å². The van der Waals surface area contributed by atoms with E-state index in [2.05, 4.69) is 29.5 Å². The SMILES string of the molecule is CCn1cncc1CSc1cccc(N)c1C. The molecule has 2 N–H and O–H groups in total. The number of hydrogen-bond acceptors (Lipinski definition) is 3. The highest BCUT2D eigenvalue weighted by Gasteiger charge is 2.05. The van der Waals surface area contributed by atoms with Crippen molar-refractivity contribution in [2.45, 2.75) is 31.0 Å². The van der Waals surface area contributed by atoms with Crippen molar-refractivity contribution < 1.29 is 0 Å². The van der Waals surface area contributed by atoms with E-state index in [-0.39, 0.29) is 0 Å². The van der Waals surface area contributed by atoms with Crippen LogP contribution in [0.25, 0.3) is 0 Å². The van der Waals surface area contributed by atoms with Crippen molar-refractivity contribution in [2.24, 2.45) is 0 Å². The number of imidazole rings is 1. The first-order chi connectivity index (χ1) is 8.22. The molecule has 0 spiro atoms. The van der Waals surface area contributed by atoms with Gasteiger partial charge in [0.05, 0.1) is 6.33 Å². The average Bonchev–Trinajstić information content (AvgIpc) is 2.78. The minimum absolute atomic E-state index is 0.860. The zero-order valence-corrected chi connectivity index (χ0v) is 11.0. The normalized spacial score (nSPS) is 10.7. The molecule has 3 nitrogen and oxygen atoms in total. The van der Waals surface area contributed by atoms with Crippen LogP contribution in [-0.4, -0.2) is 9.55 Å². The molecular weight excluding hydrogens is 230 g/mol. The second-order valence-electron chi connectivity index (χ2n) is 3.93. The Morgan fingerprint density at radius 3 is 3.00 bits per heavy atom. The van der Waals surface area contributed by atoms with Crippen molar-refractivity contribution in [1.82, 2.24) is 9.55 Å². The van der Waals surface area contributed by atoms with E-state index in [1.165, 1.54) is 16.2 Å². The maximum atomic E-state index is 5.89. The third-order valence-electron chi connectivity index (χ3n) is 2.84. The van der Waals surface area contributed by atoms with Crippen LogP contribution < -0.4 is 5.73 Å². The van der Waals surface area contributed by atoms with Crippen molar-refractivity contribution in [3.05, 3.63) is 42.0 Å². The minimum Gasteiger partial charge on any atom is -0.398 e. The molecule has 4 heteroatoms. The summed E-state index contributed by atoms with van der Waals surface area (Å²) in [4.78, 5) is 5.41. The summed E-state index contributed by atoms with van der Waals surface area (Å²) in [7, 11) is 0. The van der Waals surface area contributed by atoms with Crippen LogP contribution in [0.15, 0.2) is 35.6 Å². The van der Waals surface area contributed by atoms with Crippen molar-refractivity contribution >= 4 is 17.4 Å². The summed E-state index contributed by atoms with van der Waals surface area (Å²) >= 11 is 1.81. The van der Waals surface area contributed by atoms with Gasteiger partial charge in [0.1, 0.15) is 0 Å². The molecule has 0 aliphatic rings. The Kier molecular flexibility index (Phi) is 3.74. The van der Waals surface area contributed by atoms with E-state index in [1.807, 2.05) is 36.4 Å². The summed E-state index contributed by atoms with van der Waals surface area (Å²) in [5.74, 6) is 0.929. The zero-order chi connectivity index (χ0) is 12.3. The fraction of sp³-hybridized carbons (Fsp3) is 0.308. The molecule has 0 aliphatic carbocycles. The molecular formula is C13H17N3S. The molecule has 0 radical (unpaired) electrons. The Bertz CT molecular complexity index is 505. The number of nitrogen functional groups attached to an aromatic ring is 1. The van der Waals surface area contributed by atoms with Crippen LogP contribution in [-0.2, 0) is 12.3 Å². The second-order valence-corrected chi connectivity index (χ2v) is 4.95. The predicted octanol–water partition coefficient (Wildman–Crippen LogP) is 3.09. The van der Waals surface area contributed by atoms with Gasteiger partial charge in [0.25, 0.3) is 0 Å². The lowest BCUT2D eigenvalue weighted by molar-refractivity contribution is 0.734. The van der Waals surface area contributed by atoms with E-state index >= 15 is 0 Å². The summed E-state index contributed by atoms with van der Waals surface area (Å²) in [6.07, 6.45) is 3.81. The van der Waals surface area contributed by atoms with Crippen molar-refractivity contribution in [1.29, 1.82) is 0 Å². The Morgan fingerprint density at radius 1 is 1.41 bits per heavy atom. The summed E-state index contributed by atoms with van der Waals surface area (Å²) < 4.78 is 2.16. The Balaban J connectivity index is 2.10. The molecule has 0 bridgehead atoms. The lowest BCUT2D eigenvalue weighted by Gasteiger charge is -2.08. The topological polar surface area (TPSA) is 43.8 Å². The van der Waals surface area contributed by atoms with Crippen molar-refractivity contribution in [3.63, 3.8) is 0 Å². The smallest absolute Gasteiger partial charge is 0.0948 e. The fourth-order valence-corrected chi connectivity index (χ4v) is 2.75. The lowest BCUT2D eigenvalue weighted by Crippen LogP contribution is -1.97. The largest absolute Gasteiger partial charge is 0.398 e. The quantitative estimate of drug-likeness (QED) is 0.667. The van der Waals surface area contributed by atoms with Crippen LogP contribution in [0.3, 0.4) is 0 Å².